The minimum absolute atomic E-state index is 0.262. The summed E-state index contributed by atoms with van der Waals surface area (Å²) in [6.07, 6.45) is -2.88. The molecule has 0 aliphatic carbocycles. The molecule has 0 aliphatic heterocycles. The highest BCUT2D eigenvalue weighted by Gasteiger charge is 2.22. The van der Waals surface area contributed by atoms with Crippen molar-refractivity contribution in [3.8, 4) is 0 Å². The highest BCUT2D eigenvalue weighted by atomic mass is 32.2. The Kier molecular flexibility index (Phi) is 4.14. The first-order chi connectivity index (χ1) is 8.24. The van der Waals surface area contributed by atoms with E-state index in [1.54, 1.807) is 4.72 Å². The Morgan fingerprint density at radius 1 is 1.44 bits per heavy atom. The molecule has 0 heterocycles. The van der Waals surface area contributed by atoms with Crippen molar-refractivity contribution in [2.24, 2.45) is 0 Å². The van der Waals surface area contributed by atoms with Crippen LogP contribution in [0.25, 0.3) is 0 Å². The Morgan fingerprint density at radius 2 is 2.06 bits per heavy atom. The zero-order valence-corrected chi connectivity index (χ0v) is 9.65. The van der Waals surface area contributed by atoms with Crippen molar-refractivity contribution in [2.75, 3.05) is 12.3 Å². The second-order valence-corrected chi connectivity index (χ2v) is 4.96. The Balaban J connectivity index is 3.15. The molecule has 0 aromatic heterocycles. The van der Waals surface area contributed by atoms with Crippen molar-refractivity contribution >= 4 is 21.4 Å². The van der Waals surface area contributed by atoms with E-state index in [0.29, 0.717) is 6.07 Å². The molecule has 1 rings (SSSR count). The van der Waals surface area contributed by atoms with Gasteiger partial charge in [0.2, 0.25) is 10.0 Å². The molecule has 0 saturated carbocycles. The number of nitrogen functional groups attached to an aromatic ring is 1. The van der Waals surface area contributed by atoms with Gasteiger partial charge in [0.15, 0.2) is 0 Å². The van der Waals surface area contributed by atoms with Gasteiger partial charge >= 0.3 is 0 Å². The number of anilines is 1. The van der Waals surface area contributed by atoms with Crippen LogP contribution in [0.1, 0.15) is 0 Å². The van der Waals surface area contributed by atoms with E-state index in [-0.39, 0.29) is 5.69 Å². The number of sulfonamides is 1. The standard InChI is InChI=1S/C8H9F2N3O4S/c9-8(10)4-12-18(16,17)7-3-5(13(14)15)1-2-6(7)11/h1-3,8,12H,4,11H2. The molecule has 0 spiro atoms. The number of alkyl halides is 2. The summed E-state index contributed by atoms with van der Waals surface area (Å²) in [6.45, 7) is -1.09. The lowest BCUT2D eigenvalue weighted by molar-refractivity contribution is -0.385. The number of benzene rings is 1. The fourth-order valence-corrected chi connectivity index (χ4v) is 2.27. The van der Waals surface area contributed by atoms with Gasteiger partial charge in [0, 0.05) is 12.1 Å². The molecule has 0 saturated heterocycles. The maximum atomic E-state index is 11.9. The minimum atomic E-state index is -4.30. The van der Waals surface area contributed by atoms with Crippen LogP contribution in [-0.4, -0.2) is 26.3 Å². The van der Waals surface area contributed by atoms with Gasteiger partial charge in [-0.1, -0.05) is 0 Å². The lowest BCUT2D eigenvalue weighted by Crippen LogP contribution is -2.29. The lowest BCUT2D eigenvalue weighted by Gasteiger charge is -2.08. The van der Waals surface area contributed by atoms with Crippen molar-refractivity contribution < 1.29 is 22.1 Å². The Hall–Kier alpha value is -1.81. The van der Waals surface area contributed by atoms with E-state index in [0.717, 1.165) is 12.1 Å². The number of nitro benzene ring substituents is 1. The van der Waals surface area contributed by atoms with Crippen molar-refractivity contribution in [1.29, 1.82) is 0 Å². The Labute approximate surface area is 101 Å². The molecule has 0 radical (unpaired) electrons. The van der Waals surface area contributed by atoms with Crippen LogP contribution >= 0.6 is 0 Å². The molecule has 10 heteroatoms. The molecule has 1 aromatic rings. The first kappa shape index (κ1) is 14.3. The zero-order chi connectivity index (χ0) is 13.9. The number of nitro groups is 1. The molecule has 7 nitrogen and oxygen atoms in total. The van der Waals surface area contributed by atoms with Crippen LogP contribution in [0, 0.1) is 10.1 Å². The summed E-state index contributed by atoms with van der Waals surface area (Å²) in [4.78, 5) is 9.07. The molecule has 0 fully saturated rings. The molecular weight excluding hydrogens is 272 g/mol. The van der Waals surface area contributed by atoms with E-state index in [9.17, 15) is 27.3 Å². The van der Waals surface area contributed by atoms with Crippen LogP contribution in [0.5, 0.6) is 0 Å². The van der Waals surface area contributed by atoms with Crippen molar-refractivity contribution in [1.82, 2.24) is 4.72 Å². The van der Waals surface area contributed by atoms with Gasteiger partial charge in [0.05, 0.1) is 17.2 Å². The van der Waals surface area contributed by atoms with Crippen molar-refractivity contribution in [3.05, 3.63) is 28.3 Å². The van der Waals surface area contributed by atoms with E-state index in [1.165, 1.54) is 0 Å². The summed E-state index contributed by atoms with van der Waals surface area (Å²) in [5.74, 6) is 0. The normalized spacial score (nSPS) is 11.7. The van der Waals surface area contributed by atoms with Gasteiger partial charge in [-0.05, 0) is 6.07 Å². The number of non-ortho nitro benzene ring substituents is 1. The fraction of sp³-hybridized carbons (Fsp3) is 0.250. The number of nitrogens with two attached hydrogens (primary N) is 1. The third-order valence-corrected chi connectivity index (χ3v) is 3.40. The first-order valence-electron chi connectivity index (χ1n) is 4.56. The summed E-state index contributed by atoms with van der Waals surface area (Å²) in [5.41, 5.74) is 4.59. The van der Waals surface area contributed by atoms with Crippen LogP contribution in [-0.2, 0) is 10.0 Å². The Morgan fingerprint density at radius 3 is 2.56 bits per heavy atom. The monoisotopic (exact) mass is 281 g/mol. The van der Waals surface area contributed by atoms with E-state index in [2.05, 4.69) is 0 Å². The quantitative estimate of drug-likeness (QED) is 0.468. The predicted octanol–water partition coefficient (Wildman–Crippen LogP) is 0.720. The van der Waals surface area contributed by atoms with Crippen LogP contribution in [0.15, 0.2) is 23.1 Å². The summed E-state index contributed by atoms with van der Waals surface area (Å²) < 4.78 is 48.6. The predicted molar refractivity (Wildman–Crippen MR) is 58.7 cm³/mol. The number of hydrogen-bond donors (Lipinski definition) is 2. The van der Waals surface area contributed by atoms with Gasteiger partial charge in [0.25, 0.3) is 12.1 Å². The largest absolute Gasteiger partial charge is 0.398 e. The summed E-state index contributed by atoms with van der Waals surface area (Å²) in [5, 5.41) is 10.5. The maximum Gasteiger partial charge on any atom is 0.270 e. The third kappa shape index (κ3) is 3.34. The molecule has 0 bridgehead atoms. The lowest BCUT2D eigenvalue weighted by atomic mass is 10.3. The average molecular weight is 281 g/mol. The van der Waals surface area contributed by atoms with E-state index in [4.69, 9.17) is 5.73 Å². The maximum absolute atomic E-state index is 11.9. The highest BCUT2D eigenvalue weighted by molar-refractivity contribution is 7.89. The van der Waals surface area contributed by atoms with Crippen LogP contribution < -0.4 is 10.5 Å². The molecule has 0 amide bonds. The topological polar surface area (TPSA) is 115 Å². The number of nitrogens with one attached hydrogen (secondary N) is 1. The molecule has 1 aromatic carbocycles. The van der Waals surface area contributed by atoms with Crippen LogP contribution in [0.2, 0.25) is 0 Å². The molecular formula is C8H9F2N3O4S. The van der Waals surface area contributed by atoms with Gasteiger partial charge in [-0.15, -0.1) is 0 Å². The molecule has 0 atom stereocenters. The summed E-state index contributed by atoms with van der Waals surface area (Å²) >= 11 is 0. The average Bonchev–Trinajstić information content (AvgIpc) is 2.26. The fourth-order valence-electron chi connectivity index (χ4n) is 1.12. The SMILES string of the molecule is Nc1ccc([N+](=O)[O-])cc1S(=O)(=O)NCC(F)F. The van der Waals surface area contributed by atoms with Gasteiger partial charge in [-0.25, -0.2) is 21.9 Å². The van der Waals surface area contributed by atoms with E-state index < -0.39 is 38.5 Å². The minimum Gasteiger partial charge on any atom is -0.398 e. The highest BCUT2D eigenvalue weighted by Crippen LogP contribution is 2.23. The van der Waals surface area contributed by atoms with Crippen LogP contribution in [0.3, 0.4) is 0 Å². The first-order valence-corrected chi connectivity index (χ1v) is 6.04. The zero-order valence-electron chi connectivity index (χ0n) is 8.84. The summed E-state index contributed by atoms with van der Waals surface area (Å²) in [6, 6.07) is 2.75. The molecule has 0 unspecified atom stereocenters. The number of nitrogens with zero attached hydrogens (tertiary/aromatic N) is 1. The van der Waals surface area contributed by atoms with Gasteiger partial charge in [-0.2, -0.15) is 0 Å². The molecule has 18 heavy (non-hydrogen) atoms. The number of hydrogen-bond acceptors (Lipinski definition) is 5. The second-order valence-electron chi connectivity index (χ2n) is 3.22. The van der Waals surface area contributed by atoms with Gasteiger partial charge in [-0.3, -0.25) is 10.1 Å². The Bertz CT molecular complexity index is 561. The molecule has 3 N–H and O–H groups in total. The van der Waals surface area contributed by atoms with Crippen molar-refractivity contribution in [2.45, 2.75) is 11.3 Å². The smallest absolute Gasteiger partial charge is 0.270 e. The van der Waals surface area contributed by atoms with Gasteiger partial charge in [0.1, 0.15) is 4.90 Å². The second kappa shape index (κ2) is 5.23. The third-order valence-electron chi connectivity index (χ3n) is 1.93. The van der Waals surface area contributed by atoms with E-state index in [1.807, 2.05) is 0 Å². The summed E-state index contributed by atoms with van der Waals surface area (Å²) in [7, 11) is -4.30. The number of halogens is 2. The van der Waals surface area contributed by atoms with E-state index >= 15 is 0 Å². The molecule has 100 valence electrons. The number of rotatable bonds is 5. The van der Waals surface area contributed by atoms with Gasteiger partial charge < -0.3 is 5.73 Å². The van der Waals surface area contributed by atoms with Crippen molar-refractivity contribution in [3.63, 3.8) is 0 Å². The molecule has 0 aliphatic rings. The van der Waals surface area contributed by atoms with Crippen LogP contribution in [0.4, 0.5) is 20.2 Å².